The highest BCUT2D eigenvalue weighted by molar-refractivity contribution is 5.86. The molecule has 34 heavy (non-hydrogen) atoms. The number of amides is 2. The number of carbonyl (C=O) groups is 3. The number of rotatable bonds is 7. The minimum Gasteiger partial charge on any atom is -0.481 e. The van der Waals surface area contributed by atoms with Crippen molar-refractivity contribution in [3.8, 4) is 11.1 Å². The highest BCUT2D eigenvalue weighted by atomic mass is 16.5. The van der Waals surface area contributed by atoms with Crippen LogP contribution >= 0.6 is 0 Å². The molecule has 2 aromatic rings. The van der Waals surface area contributed by atoms with Crippen LogP contribution in [0.3, 0.4) is 0 Å². The van der Waals surface area contributed by atoms with Crippen molar-refractivity contribution < 1.29 is 24.2 Å². The van der Waals surface area contributed by atoms with Crippen molar-refractivity contribution in [1.82, 2.24) is 10.6 Å². The molecule has 0 heterocycles. The van der Waals surface area contributed by atoms with Crippen LogP contribution in [0.1, 0.15) is 49.7 Å². The Kier molecular flexibility index (Phi) is 6.02. The molecular formula is C27H30N2O5. The number of ether oxygens (including phenoxy) is 1. The van der Waals surface area contributed by atoms with E-state index in [-0.39, 0.29) is 36.3 Å². The van der Waals surface area contributed by atoms with E-state index in [9.17, 15) is 19.5 Å². The van der Waals surface area contributed by atoms with Gasteiger partial charge in [0.25, 0.3) is 0 Å². The van der Waals surface area contributed by atoms with Crippen molar-refractivity contribution >= 4 is 18.0 Å². The molecule has 0 saturated heterocycles. The number of aliphatic carboxylic acids is 1. The number of benzene rings is 2. The summed E-state index contributed by atoms with van der Waals surface area (Å²) in [6, 6.07) is 15.6. The van der Waals surface area contributed by atoms with Crippen molar-refractivity contribution in [2.75, 3.05) is 6.61 Å². The quantitative estimate of drug-likeness (QED) is 0.579. The fraction of sp³-hybridized carbons (Fsp3) is 0.444. The molecular weight excluding hydrogens is 432 g/mol. The third-order valence-electron chi connectivity index (χ3n) is 7.86. The average molecular weight is 463 g/mol. The van der Waals surface area contributed by atoms with Gasteiger partial charge in [0, 0.05) is 12.0 Å². The summed E-state index contributed by atoms with van der Waals surface area (Å²) >= 11 is 0. The number of nitrogens with one attached hydrogen (secondary N) is 2. The number of hydrogen-bond acceptors (Lipinski definition) is 4. The monoisotopic (exact) mass is 462 g/mol. The van der Waals surface area contributed by atoms with Gasteiger partial charge in [0.1, 0.15) is 12.6 Å². The maximum Gasteiger partial charge on any atom is 0.407 e. The first-order chi connectivity index (χ1) is 16.5. The second-order valence-corrected chi connectivity index (χ2v) is 9.71. The normalized spacial score (nSPS) is 25.3. The summed E-state index contributed by atoms with van der Waals surface area (Å²) in [4.78, 5) is 36.7. The van der Waals surface area contributed by atoms with Crippen LogP contribution in [0, 0.1) is 17.8 Å². The van der Waals surface area contributed by atoms with Crippen LogP contribution in [-0.2, 0) is 14.3 Å². The molecule has 2 aromatic carbocycles. The largest absolute Gasteiger partial charge is 0.481 e. The average Bonchev–Trinajstić information content (AvgIpc) is 3.34. The molecule has 0 aromatic heterocycles. The molecule has 0 bridgehead atoms. The van der Waals surface area contributed by atoms with Crippen molar-refractivity contribution in [2.45, 2.75) is 50.6 Å². The van der Waals surface area contributed by atoms with Gasteiger partial charge < -0.3 is 20.5 Å². The standard InChI is InChI=1S/C27H30N2O5/c1-2-23(25(30)28-24-13-15-11-16(26(31)32)12-21(15)24)29-27(33)34-14-22-19-9-5-3-7-17(19)18-8-4-6-10-20(18)22/h3-10,15-16,21-24H,2,11-14H2,1H3,(H,28,30)(H,29,33)(H,31,32)/t15-,16?,21-,23+,24+/m1/s1. The van der Waals surface area contributed by atoms with E-state index in [4.69, 9.17) is 4.74 Å². The number of hydrogen-bond donors (Lipinski definition) is 3. The van der Waals surface area contributed by atoms with Crippen LogP contribution in [0.2, 0.25) is 0 Å². The van der Waals surface area contributed by atoms with Gasteiger partial charge in [-0.3, -0.25) is 9.59 Å². The van der Waals surface area contributed by atoms with Gasteiger partial charge in [0.05, 0.1) is 5.92 Å². The molecule has 5 atom stereocenters. The first kappa shape index (κ1) is 22.4. The highest BCUT2D eigenvalue weighted by Crippen LogP contribution is 2.49. The Bertz CT molecular complexity index is 1070. The minimum atomic E-state index is -0.747. The van der Waals surface area contributed by atoms with E-state index in [0.29, 0.717) is 25.2 Å². The van der Waals surface area contributed by atoms with Crippen molar-refractivity contribution in [2.24, 2.45) is 17.8 Å². The molecule has 3 aliphatic carbocycles. The lowest BCUT2D eigenvalue weighted by atomic mass is 9.71. The van der Waals surface area contributed by atoms with E-state index >= 15 is 0 Å². The maximum atomic E-state index is 12.8. The lowest BCUT2D eigenvalue weighted by Crippen LogP contribution is -2.55. The predicted molar refractivity (Wildman–Crippen MR) is 126 cm³/mol. The molecule has 3 N–H and O–H groups in total. The number of carbonyl (C=O) groups excluding carboxylic acids is 2. The van der Waals surface area contributed by atoms with Crippen LogP contribution in [0.4, 0.5) is 4.79 Å². The third-order valence-corrected chi connectivity index (χ3v) is 7.86. The summed E-state index contributed by atoms with van der Waals surface area (Å²) in [5.41, 5.74) is 4.59. The second kappa shape index (κ2) is 9.12. The molecule has 5 rings (SSSR count). The second-order valence-electron chi connectivity index (χ2n) is 9.71. The molecule has 1 unspecified atom stereocenters. The molecule has 0 aliphatic heterocycles. The van der Waals surface area contributed by atoms with Gasteiger partial charge in [-0.15, -0.1) is 0 Å². The Balaban J connectivity index is 1.15. The zero-order valence-corrected chi connectivity index (χ0v) is 19.2. The van der Waals surface area contributed by atoms with Gasteiger partial charge in [0.2, 0.25) is 5.91 Å². The predicted octanol–water partition coefficient (Wildman–Crippen LogP) is 3.92. The van der Waals surface area contributed by atoms with Gasteiger partial charge in [-0.05, 0) is 59.8 Å². The van der Waals surface area contributed by atoms with Crippen molar-refractivity contribution in [3.63, 3.8) is 0 Å². The summed E-state index contributed by atoms with van der Waals surface area (Å²) in [5.74, 6) is -0.735. The molecule has 2 amide bonds. The SMILES string of the molecule is CC[C@H](NC(=O)OCC1c2ccccc2-c2ccccc21)C(=O)N[C@H]1C[C@H]2CC(C(=O)O)C[C@H]21. The number of alkyl carbamates (subject to hydrolysis) is 1. The molecule has 7 nitrogen and oxygen atoms in total. The van der Waals surface area contributed by atoms with Crippen LogP contribution in [-0.4, -0.2) is 41.8 Å². The van der Waals surface area contributed by atoms with Gasteiger partial charge >= 0.3 is 12.1 Å². The van der Waals surface area contributed by atoms with Crippen molar-refractivity contribution in [1.29, 1.82) is 0 Å². The fourth-order valence-electron chi connectivity index (χ4n) is 6.01. The van der Waals surface area contributed by atoms with E-state index in [1.54, 1.807) is 0 Å². The third kappa shape index (κ3) is 4.04. The molecule has 0 radical (unpaired) electrons. The van der Waals surface area contributed by atoms with Crippen LogP contribution in [0.15, 0.2) is 48.5 Å². The molecule has 2 saturated carbocycles. The first-order valence-corrected chi connectivity index (χ1v) is 12.1. The zero-order valence-electron chi connectivity index (χ0n) is 19.2. The summed E-state index contributed by atoms with van der Waals surface area (Å²) in [6.45, 7) is 2.04. The maximum absolute atomic E-state index is 12.8. The Labute approximate surface area is 198 Å². The number of fused-ring (bicyclic) bond motifs is 4. The van der Waals surface area contributed by atoms with E-state index in [1.807, 2.05) is 31.2 Å². The van der Waals surface area contributed by atoms with E-state index in [0.717, 1.165) is 28.7 Å². The van der Waals surface area contributed by atoms with Crippen LogP contribution < -0.4 is 10.6 Å². The van der Waals surface area contributed by atoms with Gasteiger partial charge in [-0.25, -0.2) is 4.79 Å². The Hall–Kier alpha value is -3.35. The Morgan fingerprint density at radius 1 is 1.00 bits per heavy atom. The van der Waals surface area contributed by atoms with E-state index < -0.39 is 18.1 Å². The van der Waals surface area contributed by atoms with Gasteiger partial charge in [-0.1, -0.05) is 55.5 Å². The highest BCUT2D eigenvalue weighted by Gasteiger charge is 2.50. The summed E-state index contributed by atoms with van der Waals surface area (Å²) in [5, 5.41) is 15.0. The lowest BCUT2D eigenvalue weighted by Gasteiger charge is -2.41. The fourth-order valence-corrected chi connectivity index (χ4v) is 6.01. The summed E-state index contributed by atoms with van der Waals surface area (Å²) < 4.78 is 5.58. The van der Waals surface area contributed by atoms with Gasteiger partial charge in [0.15, 0.2) is 0 Å². The Morgan fingerprint density at radius 2 is 1.65 bits per heavy atom. The minimum absolute atomic E-state index is 0.0137. The number of carboxylic acids is 1. The van der Waals surface area contributed by atoms with E-state index in [2.05, 4.69) is 34.9 Å². The van der Waals surface area contributed by atoms with E-state index in [1.165, 1.54) is 0 Å². The zero-order chi connectivity index (χ0) is 23.8. The summed E-state index contributed by atoms with van der Waals surface area (Å²) in [6.07, 6.45) is 1.95. The molecule has 7 heteroatoms. The number of carboxylic acid groups (broad SMARTS) is 1. The first-order valence-electron chi connectivity index (χ1n) is 12.1. The van der Waals surface area contributed by atoms with Gasteiger partial charge in [-0.2, -0.15) is 0 Å². The molecule has 2 fully saturated rings. The smallest absolute Gasteiger partial charge is 0.407 e. The Morgan fingerprint density at radius 3 is 2.26 bits per heavy atom. The van der Waals surface area contributed by atoms with Crippen LogP contribution in [0.25, 0.3) is 11.1 Å². The van der Waals surface area contributed by atoms with Crippen molar-refractivity contribution in [3.05, 3.63) is 59.7 Å². The molecule has 178 valence electrons. The molecule has 0 spiro atoms. The van der Waals surface area contributed by atoms with Crippen LogP contribution in [0.5, 0.6) is 0 Å². The summed E-state index contributed by atoms with van der Waals surface area (Å²) in [7, 11) is 0. The lowest BCUT2D eigenvalue weighted by molar-refractivity contribution is -0.141. The topological polar surface area (TPSA) is 105 Å². The molecule has 3 aliphatic rings.